The topological polar surface area (TPSA) is 82.0 Å². The van der Waals surface area contributed by atoms with Crippen LogP contribution in [-0.4, -0.2) is 36.3 Å². The molecule has 0 saturated carbocycles. The summed E-state index contributed by atoms with van der Waals surface area (Å²) in [5.74, 6) is 0.984. The van der Waals surface area contributed by atoms with Crippen molar-refractivity contribution in [2.24, 2.45) is 0 Å². The Balaban J connectivity index is 2.46. The fourth-order valence-corrected chi connectivity index (χ4v) is 1.68. The molecule has 2 heterocycles. The number of nitrogens with one attached hydrogen (secondary N) is 1. The molecular weight excluding hydrogens is 208 g/mol. The summed E-state index contributed by atoms with van der Waals surface area (Å²) >= 11 is 0. The number of morpholine rings is 1. The van der Waals surface area contributed by atoms with E-state index in [4.69, 9.17) is 10.00 Å². The van der Waals surface area contributed by atoms with E-state index in [1.54, 1.807) is 6.92 Å². The third-order valence-electron chi connectivity index (χ3n) is 2.44. The number of hydrogen-bond acceptors (Lipinski definition) is 5. The average Bonchev–Trinajstić information content (AvgIpc) is 2.29. The monoisotopic (exact) mass is 220 g/mol. The highest BCUT2D eigenvalue weighted by Gasteiger charge is 2.18. The van der Waals surface area contributed by atoms with Crippen LogP contribution in [0, 0.1) is 18.3 Å². The van der Waals surface area contributed by atoms with Crippen LogP contribution >= 0.6 is 0 Å². The molecule has 6 nitrogen and oxygen atoms in total. The zero-order valence-corrected chi connectivity index (χ0v) is 8.99. The van der Waals surface area contributed by atoms with Gasteiger partial charge in [-0.05, 0) is 6.92 Å². The first-order valence-corrected chi connectivity index (χ1v) is 5.06. The van der Waals surface area contributed by atoms with E-state index in [2.05, 4.69) is 9.97 Å². The Morgan fingerprint density at radius 1 is 1.50 bits per heavy atom. The van der Waals surface area contributed by atoms with Gasteiger partial charge in [0, 0.05) is 13.1 Å². The highest BCUT2D eigenvalue weighted by molar-refractivity contribution is 5.52. The Hall–Kier alpha value is -1.87. The van der Waals surface area contributed by atoms with Crippen molar-refractivity contribution in [3.63, 3.8) is 0 Å². The van der Waals surface area contributed by atoms with Gasteiger partial charge in [-0.3, -0.25) is 4.79 Å². The zero-order chi connectivity index (χ0) is 11.5. The maximum absolute atomic E-state index is 11.6. The van der Waals surface area contributed by atoms with E-state index in [9.17, 15) is 4.79 Å². The van der Waals surface area contributed by atoms with Crippen LogP contribution in [0.1, 0.15) is 11.4 Å². The number of nitriles is 1. The average molecular weight is 220 g/mol. The summed E-state index contributed by atoms with van der Waals surface area (Å²) in [6, 6.07) is 1.90. The number of ether oxygens (including phenoxy) is 1. The molecule has 1 aliphatic heterocycles. The van der Waals surface area contributed by atoms with Gasteiger partial charge in [0.2, 0.25) is 0 Å². The van der Waals surface area contributed by atoms with Gasteiger partial charge in [0.25, 0.3) is 5.56 Å². The van der Waals surface area contributed by atoms with E-state index in [1.165, 1.54) is 0 Å². The van der Waals surface area contributed by atoms with Crippen molar-refractivity contribution in [3.05, 3.63) is 21.7 Å². The second-order valence-electron chi connectivity index (χ2n) is 3.56. The SMILES string of the molecule is Cc1nc(N2CCOCC2)c(C#N)c(=O)[nH]1. The molecule has 0 unspecified atom stereocenters. The van der Waals surface area contributed by atoms with Gasteiger partial charge in [-0.15, -0.1) is 0 Å². The second-order valence-corrected chi connectivity index (χ2v) is 3.56. The summed E-state index contributed by atoms with van der Waals surface area (Å²) in [4.78, 5) is 20.2. The summed E-state index contributed by atoms with van der Waals surface area (Å²) in [5.41, 5.74) is -0.302. The summed E-state index contributed by atoms with van der Waals surface area (Å²) in [6.07, 6.45) is 0. The van der Waals surface area contributed by atoms with Crippen LogP contribution in [0.4, 0.5) is 5.82 Å². The molecule has 84 valence electrons. The van der Waals surface area contributed by atoms with Crippen LogP contribution < -0.4 is 10.5 Å². The Morgan fingerprint density at radius 3 is 2.81 bits per heavy atom. The quantitative estimate of drug-likeness (QED) is 0.708. The summed E-state index contributed by atoms with van der Waals surface area (Å²) in [5, 5.41) is 8.95. The van der Waals surface area contributed by atoms with Gasteiger partial charge >= 0.3 is 0 Å². The largest absolute Gasteiger partial charge is 0.378 e. The highest BCUT2D eigenvalue weighted by atomic mass is 16.5. The molecule has 0 atom stereocenters. The van der Waals surface area contributed by atoms with Crippen LogP contribution in [-0.2, 0) is 4.74 Å². The molecule has 2 rings (SSSR count). The Bertz CT molecular complexity index is 483. The third-order valence-corrected chi connectivity index (χ3v) is 2.44. The molecule has 0 amide bonds. The fraction of sp³-hybridized carbons (Fsp3) is 0.500. The summed E-state index contributed by atoms with van der Waals surface area (Å²) < 4.78 is 5.22. The number of aryl methyl sites for hydroxylation is 1. The third kappa shape index (κ3) is 1.90. The number of H-pyrrole nitrogens is 1. The Morgan fingerprint density at radius 2 is 2.19 bits per heavy atom. The number of hydrogen-bond donors (Lipinski definition) is 1. The van der Waals surface area contributed by atoms with E-state index in [0.717, 1.165) is 0 Å². The maximum Gasteiger partial charge on any atom is 0.271 e. The van der Waals surface area contributed by atoms with Gasteiger partial charge in [0.1, 0.15) is 11.9 Å². The fourth-order valence-electron chi connectivity index (χ4n) is 1.68. The van der Waals surface area contributed by atoms with Crippen molar-refractivity contribution in [1.29, 1.82) is 5.26 Å². The van der Waals surface area contributed by atoms with Gasteiger partial charge in [-0.25, -0.2) is 4.98 Å². The summed E-state index contributed by atoms with van der Waals surface area (Å²) in [7, 11) is 0. The molecule has 1 aromatic heterocycles. The van der Waals surface area contributed by atoms with Crippen molar-refractivity contribution in [2.45, 2.75) is 6.92 Å². The molecule has 0 radical (unpaired) electrons. The normalized spacial score (nSPS) is 15.9. The predicted octanol–water partition coefficient (Wildman–Crippen LogP) is -0.213. The molecule has 1 aromatic rings. The number of anilines is 1. The predicted molar refractivity (Wildman–Crippen MR) is 57.3 cm³/mol. The van der Waals surface area contributed by atoms with Gasteiger partial charge < -0.3 is 14.6 Å². The van der Waals surface area contributed by atoms with E-state index >= 15 is 0 Å². The van der Waals surface area contributed by atoms with Crippen LogP contribution in [0.5, 0.6) is 0 Å². The number of aromatic nitrogens is 2. The molecule has 1 aliphatic rings. The first-order valence-electron chi connectivity index (χ1n) is 5.06. The number of rotatable bonds is 1. The van der Waals surface area contributed by atoms with Crippen LogP contribution in [0.2, 0.25) is 0 Å². The van der Waals surface area contributed by atoms with Crippen molar-refractivity contribution >= 4 is 5.82 Å². The maximum atomic E-state index is 11.6. The van der Waals surface area contributed by atoms with Crippen LogP contribution in [0.3, 0.4) is 0 Å². The van der Waals surface area contributed by atoms with Crippen LogP contribution in [0.25, 0.3) is 0 Å². The van der Waals surface area contributed by atoms with Crippen molar-refractivity contribution in [1.82, 2.24) is 9.97 Å². The van der Waals surface area contributed by atoms with Crippen molar-refractivity contribution in [3.8, 4) is 6.07 Å². The zero-order valence-electron chi connectivity index (χ0n) is 8.99. The lowest BCUT2D eigenvalue weighted by molar-refractivity contribution is 0.122. The first kappa shape index (κ1) is 10.6. The first-order chi connectivity index (χ1) is 7.72. The van der Waals surface area contributed by atoms with E-state index in [1.807, 2.05) is 11.0 Å². The van der Waals surface area contributed by atoms with Gasteiger partial charge in [-0.2, -0.15) is 5.26 Å². The minimum Gasteiger partial charge on any atom is -0.378 e. The molecular formula is C10H12N4O2. The molecule has 6 heteroatoms. The lowest BCUT2D eigenvalue weighted by Crippen LogP contribution is -2.38. The van der Waals surface area contributed by atoms with E-state index < -0.39 is 0 Å². The van der Waals surface area contributed by atoms with E-state index in [-0.39, 0.29) is 11.1 Å². The lowest BCUT2D eigenvalue weighted by Gasteiger charge is -2.28. The van der Waals surface area contributed by atoms with Gasteiger partial charge in [0.15, 0.2) is 11.4 Å². The minimum atomic E-state index is -0.378. The molecule has 0 spiro atoms. The molecule has 0 aromatic carbocycles. The lowest BCUT2D eigenvalue weighted by atomic mass is 10.3. The highest BCUT2D eigenvalue weighted by Crippen LogP contribution is 2.14. The smallest absolute Gasteiger partial charge is 0.271 e. The number of nitrogens with zero attached hydrogens (tertiary/aromatic N) is 3. The van der Waals surface area contributed by atoms with E-state index in [0.29, 0.717) is 37.9 Å². The van der Waals surface area contributed by atoms with Crippen LogP contribution in [0.15, 0.2) is 4.79 Å². The van der Waals surface area contributed by atoms with Crippen molar-refractivity contribution < 1.29 is 4.74 Å². The molecule has 0 aliphatic carbocycles. The minimum absolute atomic E-state index is 0.0764. The van der Waals surface area contributed by atoms with Gasteiger partial charge in [-0.1, -0.05) is 0 Å². The summed E-state index contributed by atoms with van der Waals surface area (Å²) in [6.45, 7) is 4.21. The number of aromatic amines is 1. The molecule has 1 fully saturated rings. The Labute approximate surface area is 92.5 Å². The molecule has 1 N–H and O–H groups in total. The standard InChI is InChI=1S/C10H12N4O2/c1-7-12-9(8(6-11)10(15)13-7)14-2-4-16-5-3-14/h2-5H2,1H3,(H,12,13,15). The molecule has 0 bridgehead atoms. The molecule has 16 heavy (non-hydrogen) atoms. The Kier molecular flexibility index (Phi) is 2.88. The van der Waals surface area contributed by atoms with Crippen molar-refractivity contribution in [2.75, 3.05) is 31.2 Å². The molecule has 1 saturated heterocycles. The van der Waals surface area contributed by atoms with Gasteiger partial charge in [0.05, 0.1) is 13.2 Å². The second kappa shape index (κ2) is 4.33.